The molecule has 0 aliphatic rings. The third-order valence-electron chi connectivity index (χ3n) is 3.58. The molecule has 0 bridgehead atoms. The first-order valence-corrected chi connectivity index (χ1v) is 7.10. The molecule has 2 aromatic carbocycles. The molecule has 0 radical (unpaired) electrons. The number of carbonyl (C=O) groups is 2. The Balaban J connectivity index is 2.38. The van der Waals surface area contributed by atoms with Crippen LogP contribution >= 0.6 is 0 Å². The molecule has 114 valence electrons. The van der Waals surface area contributed by atoms with Gasteiger partial charge in [-0.1, -0.05) is 48.5 Å². The second-order valence-corrected chi connectivity index (χ2v) is 5.51. The number of likely N-dealkylation sites (N-methyl/N-ethyl adjacent to an activating group) is 1. The van der Waals surface area contributed by atoms with Gasteiger partial charge in [0.05, 0.1) is 0 Å². The monoisotopic (exact) mass is 296 g/mol. The van der Waals surface area contributed by atoms with Crippen LogP contribution in [0.4, 0.5) is 0 Å². The minimum atomic E-state index is -1.11. The van der Waals surface area contributed by atoms with Gasteiger partial charge in [0.15, 0.2) is 0 Å². The minimum Gasteiger partial charge on any atom is -0.346 e. The maximum absolute atomic E-state index is 12.6. The van der Waals surface area contributed by atoms with E-state index in [1.165, 1.54) is 4.90 Å². The molecule has 0 aliphatic heterocycles. The first-order chi connectivity index (χ1) is 10.4. The molecule has 1 N–H and O–H groups in total. The van der Waals surface area contributed by atoms with E-state index in [1.807, 2.05) is 36.4 Å². The maximum atomic E-state index is 12.6. The normalized spacial score (nSPS) is 13.0. The molecule has 4 heteroatoms. The van der Waals surface area contributed by atoms with E-state index in [4.69, 9.17) is 0 Å². The fourth-order valence-corrected chi connectivity index (χ4v) is 2.36. The van der Waals surface area contributed by atoms with E-state index in [2.05, 4.69) is 5.32 Å². The van der Waals surface area contributed by atoms with Crippen LogP contribution in [0.15, 0.2) is 60.7 Å². The van der Waals surface area contributed by atoms with Gasteiger partial charge < -0.3 is 10.2 Å². The average Bonchev–Trinajstić information content (AvgIpc) is 2.55. The van der Waals surface area contributed by atoms with Crippen molar-refractivity contribution in [1.29, 1.82) is 0 Å². The Morgan fingerprint density at radius 3 is 1.91 bits per heavy atom. The van der Waals surface area contributed by atoms with Crippen LogP contribution in [0.3, 0.4) is 0 Å². The van der Waals surface area contributed by atoms with Gasteiger partial charge in [-0.25, -0.2) is 0 Å². The largest absolute Gasteiger partial charge is 0.346 e. The second kappa shape index (κ2) is 6.43. The lowest BCUT2D eigenvalue weighted by atomic mass is 9.90. The van der Waals surface area contributed by atoms with Crippen molar-refractivity contribution >= 4 is 11.8 Å². The van der Waals surface area contributed by atoms with Crippen molar-refractivity contribution in [1.82, 2.24) is 10.2 Å². The van der Waals surface area contributed by atoms with E-state index in [-0.39, 0.29) is 11.8 Å². The van der Waals surface area contributed by atoms with Crippen molar-refractivity contribution in [3.8, 4) is 0 Å². The Morgan fingerprint density at radius 2 is 1.41 bits per heavy atom. The van der Waals surface area contributed by atoms with Crippen LogP contribution < -0.4 is 5.32 Å². The van der Waals surface area contributed by atoms with E-state index < -0.39 is 5.54 Å². The molecule has 22 heavy (non-hydrogen) atoms. The molecule has 2 amide bonds. The highest BCUT2D eigenvalue weighted by Crippen LogP contribution is 2.23. The summed E-state index contributed by atoms with van der Waals surface area (Å²) in [6.45, 7) is 1.73. The highest BCUT2D eigenvalue weighted by Gasteiger charge is 2.38. The molecule has 2 rings (SSSR count). The summed E-state index contributed by atoms with van der Waals surface area (Å²) in [4.78, 5) is 26.6. The number of amides is 2. The van der Waals surface area contributed by atoms with Crippen LogP contribution in [0.5, 0.6) is 0 Å². The molecule has 0 aliphatic carbocycles. The number of nitrogens with zero attached hydrogens (tertiary/aromatic N) is 1. The quantitative estimate of drug-likeness (QED) is 0.942. The van der Waals surface area contributed by atoms with E-state index in [0.717, 1.165) is 5.56 Å². The van der Waals surface area contributed by atoms with Gasteiger partial charge in [0.2, 0.25) is 0 Å². The van der Waals surface area contributed by atoms with Crippen LogP contribution in [0.1, 0.15) is 22.8 Å². The van der Waals surface area contributed by atoms with Crippen molar-refractivity contribution in [2.75, 3.05) is 14.1 Å². The smallest absolute Gasteiger partial charge is 0.252 e. The Morgan fingerprint density at radius 1 is 0.909 bits per heavy atom. The number of carbonyl (C=O) groups excluding carboxylic acids is 2. The third kappa shape index (κ3) is 3.17. The van der Waals surface area contributed by atoms with Gasteiger partial charge in [-0.15, -0.1) is 0 Å². The summed E-state index contributed by atoms with van der Waals surface area (Å²) in [5.41, 5.74) is 0.159. The third-order valence-corrected chi connectivity index (χ3v) is 3.58. The lowest BCUT2D eigenvalue weighted by Gasteiger charge is -2.32. The van der Waals surface area contributed by atoms with Gasteiger partial charge in [-0.3, -0.25) is 9.59 Å². The number of benzene rings is 2. The molecule has 0 fully saturated rings. The SMILES string of the molecule is CN(C)C(=O)C(C)(NC(=O)c1ccccc1)c1ccccc1. The van der Waals surface area contributed by atoms with E-state index in [9.17, 15) is 9.59 Å². The predicted octanol–water partition coefficient (Wildman–Crippen LogP) is 2.42. The number of hydrogen-bond acceptors (Lipinski definition) is 2. The van der Waals surface area contributed by atoms with Gasteiger partial charge in [0, 0.05) is 19.7 Å². The van der Waals surface area contributed by atoms with Crippen LogP contribution in [-0.4, -0.2) is 30.8 Å². The summed E-state index contributed by atoms with van der Waals surface area (Å²) in [6.07, 6.45) is 0. The van der Waals surface area contributed by atoms with E-state index in [1.54, 1.807) is 45.3 Å². The van der Waals surface area contributed by atoms with Crippen molar-refractivity contribution in [3.05, 3.63) is 71.8 Å². The summed E-state index contributed by atoms with van der Waals surface area (Å²) >= 11 is 0. The standard InChI is InChI=1S/C18H20N2O2/c1-18(17(22)20(2)3,15-12-8-5-9-13-15)19-16(21)14-10-6-4-7-11-14/h4-13H,1-3H3,(H,19,21). The molecule has 1 unspecified atom stereocenters. The molecular weight excluding hydrogens is 276 g/mol. The van der Waals surface area contributed by atoms with Gasteiger partial charge >= 0.3 is 0 Å². The highest BCUT2D eigenvalue weighted by molar-refractivity contribution is 5.99. The zero-order valence-corrected chi connectivity index (χ0v) is 13.0. The Labute approximate surface area is 130 Å². The number of nitrogens with one attached hydrogen (secondary N) is 1. The molecule has 2 aromatic rings. The molecule has 0 spiro atoms. The lowest BCUT2D eigenvalue weighted by molar-refractivity contribution is -0.135. The Bertz CT molecular complexity index is 653. The Kier molecular flexibility index (Phi) is 4.61. The maximum Gasteiger partial charge on any atom is 0.252 e. The van der Waals surface area contributed by atoms with Crippen molar-refractivity contribution in [3.63, 3.8) is 0 Å². The van der Waals surface area contributed by atoms with Gasteiger partial charge in [-0.05, 0) is 24.6 Å². The molecular formula is C18H20N2O2. The second-order valence-electron chi connectivity index (χ2n) is 5.51. The molecule has 0 saturated carbocycles. The molecule has 0 aromatic heterocycles. The molecule has 1 atom stereocenters. The van der Waals surface area contributed by atoms with Crippen molar-refractivity contribution in [2.24, 2.45) is 0 Å². The zero-order chi connectivity index (χ0) is 16.2. The minimum absolute atomic E-state index is 0.178. The van der Waals surface area contributed by atoms with Gasteiger partial charge in [0.25, 0.3) is 11.8 Å². The van der Waals surface area contributed by atoms with Crippen LogP contribution in [-0.2, 0) is 10.3 Å². The fourth-order valence-electron chi connectivity index (χ4n) is 2.36. The molecule has 0 saturated heterocycles. The molecule has 4 nitrogen and oxygen atoms in total. The Hall–Kier alpha value is -2.62. The predicted molar refractivity (Wildman–Crippen MR) is 86.4 cm³/mol. The van der Waals surface area contributed by atoms with E-state index >= 15 is 0 Å². The van der Waals surface area contributed by atoms with Crippen LogP contribution in [0.25, 0.3) is 0 Å². The average molecular weight is 296 g/mol. The van der Waals surface area contributed by atoms with Gasteiger partial charge in [-0.2, -0.15) is 0 Å². The van der Waals surface area contributed by atoms with Gasteiger partial charge in [0.1, 0.15) is 5.54 Å². The lowest BCUT2D eigenvalue weighted by Crippen LogP contribution is -2.54. The fraction of sp³-hybridized carbons (Fsp3) is 0.222. The summed E-state index contributed by atoms with van der Waals surface area (Å²) < 4.78 is 0. The number of rotatable bonds is 4. The van der Waals surface area contributed by atoms with Crippen LogP contribution in [0, 0.1) is 0 Å². The number of hydrogen-bond donors (Lipinski definition) is 1. The van der Waals surface area contributed by atoms with Crippen LogP contribution in [0.2, 0.25) is 0 Å². The zero-order valence-electron chi connectivity index (χ0n) is 13.0. The van der Waals surface area contributed by atoms with Crippen molar-refractivity contribution in [2.45, 2.75) is 12.5 Å². The first kappa shape index (κ1) is 15.8. The van der Waals surface area contributed by atoms with E-state index in [0.29, 0.717) is 5.56 Å². The topological polar surface area (TPSA) is 49.4 Å². The summed E-state index contributed by atoms with van der Waals surface area (Å²) in [5.74, 6) is -0.454. The summed E-state index contributed by atoms with van der Waals surface area (Å²) in [6, 6.07) is 18.1. The first-order valence-electron chi connectivity index (χ1n) is 7.10. The summed E-state index contributed by atoms with van der Waals surface area (Å²) in [5, 5.41) is 2.88. The summed E-state index contributed by atoms with van der Waals surface area (Å²) in [7, 11) is 3.36. The van der Waals surface area contributed by atoms with Crippen molar-refractivity contribution < 1.29 is 9.59 Å². The molecule has 0 heterocycles. The highest BCUT2D eigenvalue weighted by atomic mass is 16.2.